The summed E-state index contributed by atoms with van der Waals surface area (Å²) in [5.41, 5.74) is -0.270. The first-order chi connectivity index (χ1) is 13.6. The van der Waals surface area contributed by atoms with Crippen LogP contribution in [0, 0.1) is 0 Å². The molecule has 0 fully saturated rings. The molecule has 0 bridgehead atoms. The quantitative estimate of drug-likeness (QED) is 0.455. The fourth-order valence-corrected chi connectivity index (χ4v) is 3.73. The molecular weight excluding hydrogens is 396 g/mol. The summed E-state index contributed by atoms with van der Waals surface area (Å²) in [7, 11) is 1.27. The van der Waals surface area contributed by atoms with Crippen LogP contribution in [0.15, 0.2) is 46.8 Å². The van der Waals surface area contributed by atoms with E-state index in [0.29, 0.717) is 5.57 Å². The number of imide groups is 1. The van der Waals surface area contributed by atoms with E-state index in [2.05, 4.69) is 10.1 Å². The Morgan fingerprint density at radius 3 is 2.14 bits per heavy atom. The van der Waals surface area contributed by atoms with Crippen molar-refractivity contribution in [2.45, 2.75) is 26.4 Å². The summed E-state index contributed by atoms with van der Waals surface area (Å²) < 4.78 is 10.1. The van der Waals surface area contributed by atoms with Crippen LogP contribution < -0.4 is 5.32 Å². The molecule has 3 rings (SSSR count). The van der Waals surface area contributed by atoms with Gasteiger partial charge in [0.2, 0.25) is 0 Å². The molecule has 0 aromatic heterocycles. The van der Waals surface area contributed by atoms with Gasteiger partial charge in [-0.15, -0.1) is 11.8 Å². The van der Waals surface area contributed by atoms with E-state index in [1.54, 1.807) is 32.9 Å². The minimum atomic E-state index is -0.839. The number of hydrogen-bond donors (Lipinski definition) is 1. The molecule has 2 amide bonds. The minimum Gasteiger partial charge on any atom is -0.466 e. The van der Waals surface area contributed by atoms with E-state index in [0.717, 1.165) is 16.7 Å². The van der Waals surface area contributed by atoms with Gasteiger partial charge in [-0.05, 0) is 32.9 Å². The van der Waals surface area contributed by atoms with E-state index < -0.39 is 29.4 Å². The van der Waals surface area contributed by atoms with Crippen molar-refractivity contribution >= 4 is 35.5 Å². The molecule has 9 heteroatoms. The van der Waals surface area contributed by atoms with Crippen LogP contribution in [0.25, 0.3) is 0 Å². The van der Waals surface area contributed by atoms with Crippen molar-refractivity contribution in [2.24, 2.45) is 0 Å². The normalized spacial score (nSPS) is 17.9. The second-order valence-electron chi connectivity index (χ2n) is 7.27. The number of carbonyl (C=O) groups excluding carboxylic acids is 4. The van der Waals surface area contributed by atoms with Crippen LogP contribution in [-0.2, 0) is 19.1 Å². The Labute approximate surface area is 171 Å². The number of fused-ring (bicyclic) bond motifs is 1. The summed E-state index contributed by atoms with van der Waals surface area (Å²) >= 11 is 1.10. The number of rotatable bonds is 3. The van der Waals surface area contributed by atoms with Crippen LogP contribution in [0.3, 0.4) is 0 Å². The average Bonchev–Trinajstić information content (AvgIpc) is 2.92. The first-order valence-electron chi connectivity index (χ1n) is 8.76. The molecule has 0 saturated carbocycles. The van der Waals surface area contributed by atoms with Gasteiger partial charge in [-0.25, -0.2) is 14.5 Å². The topological polar surface area (TPSA) is 102 Å². The molecule has 1 aromatic carbocycles. The van der Waals surface area contributed by atoms with Gasteiger partial charge >= 0.3 is 11.9 Å². The molecule has 29 heavy (non-hydrogen) atoms. The highest BCUT2D eigenvalue weighted by Crippen LogP contribution is 2.33. The van der Waals surface area contributed by atoms with Crippen LogP contribution in [0.1, 0.15) is 41.5 Å². The van der Waals surface area contributed by atoms with Crippen LogP contribution >= 0.6 is 11.8 Å². The van der Waals surface area contributed by atoms with E-state index in [1.807, 2.05) is 0 Å². The largest absolute Gasteiger partial charge is 0.466 e. The van der Waals surface area contributed by atoms with Crippen molar-refractivity contribution in [3.8, 4) is 0 Å². The Balaban J connectivity index is 2.05. The molecule has 2 heterocycles. The van der Waals surface area contributed by atoms with E-state index in [1.165, 1.54) is 25.4 Å². The van der Waals surface area contributed by atoms with E-state index in [4.69, 9.17) is 4.74 Å². The standard InChI is InChI=1S/C20H20N2O6S/c1-20(2,3)28-19(26)14(15-21-9-11(10-29-15)18(25)27-4)22-16(23)12-7-5-6-8-13(12)17(22)24/h5-9,21H,10H2,1-4H3/b15-14-. The van der Waals surface area contributed by atoms with Gasteiger partial charge < -0.3 is 14.8 Å². The summed E-state index contributed by atoms with van der Waals surface area (Å²) in [4.78, 5) is 51.3. The van der Waals surface area contributed by atoms with Gasteiger partial charge in [-0.1, -0.05) is 12.1 Å². The van der Waals surface area contributed by atoms with Gasteiger partial charge in [0.1, 0.15) is 10.6 Å². The number of carbonyl (C=O) groups is 4. The predicted octanol–water partition coefficient (Wildman–Crippen LogP) is 2.19. The Bertz CT molecular complexity index is 938. The Morgan fingerprint density at radius 1 is 1.10 bits per heavy atom. The first-order valence-corrected chi connectivity index (χ1v) is 9.74. The number of nitrogens with zero attached hydrogens (tertiary/aromatic N) is 1. The number of esters is 2. The highest BCUT2D eigenvalue weighted by Gasteiger charge is 2.43. The number of ether oxygens (including phenoxy) is 2. The third-order valence-corrected chi connectivity index (χ3v) is 5.08. The van der Waals surface area contributed by atoms with Crippen molar-refractivity contribution in [1.82, 2.24) is 10.2 Å². The molecule has 1 aromatic rings. The van der Waals surface area contributed by atoms with Crippen LogP contribution in [0.5, 0.6) is 0 Å². The minimum absolute atomic E-state index is 0.199. The summed E-state index contributed by atoms with van der Waals surface area (Å²) in [5.74, 6) is -2.35. The summed E-state index contributed by atoms with van der Waals surface area (Å²) in [5, 5.41) is 3.07. The van der Waals surface area contributed by atoms with Crippen molar-refractivity contribution in [1.29, 1.82) is 0 Å². The van der Waals surface area contributed by atoms with E-state index in [9.17, 15) is 19.2 Å². The highest BCUT2D eigenvalue weighted by molar-refractivity contribution is 8.03. The molecule has 8 nitrogen and oxygen atoms in total. The summed E-state index contributed by atoms with van der Waals surface area (Å²) in [6.07, 6.45) is 1.39. The zero-order valence-electron chi connectivity index (χ0n) is 16.4. The van der Waals surface area contributed by atoms with Crippen molar-refractivity contribution in [3.05, 3.63) is 57.9 Å². The molecule has 0 saturated heterocycles. The second kappa shape index (κ2) is 7.75. The lowest BCUT2D eigenvalue weighted by atomic mass is 10.1. The molecule has 1 N–H and O–H groups in total. The molecule has 0 radical (unpaired) electrons. The highest BCUT2D eigenvalue weighted by atomic mass is 32.2. The monoisotopic (exact) mass is 416 g/mol. The van der Waals surface area contributed by atoms with Crippen LogP contribution in [0.4, 0.5) is 0 Å². The maximum Gasteiger partial charge on any atom is 0.358 e. The van der Waals surface area contributed by atoms with E-state index >= 15 is 0 Å². The zero-order valence-corrected chi connectivity index (χ0v) is 17.2. The maximum absolute atomic E-state index is 13.0. The molecule has 0 spiro atoms. The van der Waals surface area contributed by atoms with Crippen molar-refractivity contribution in [2.75, 3.05) is 12.9 Å². The SMILES string of the molecule is COC(=O)C1=CN/C(=C(\C(=O)OC(C)(C)C)N2C(=O)c3ccccc3C2=O)SC1. The third kappa shape index (κ3) is 4.04. The number of nitrogens with one attached hydrogen (secondary N) is 1. The Kier molecular flexibility index (Phi) is 5.52. The molecule has 2 aliphatic rings. The molecular formula is C20H20N2O6S. The van der Waals surface area contributed by atoms with Crippen molar-refractivity contribution in [3.63, 3.8) is 0 Å². The fraction of sp³-hybridized carbons (Fsp3) is 0.300. The number of hydrogen-bond acceptors (Lipinski definition) is 8. The van der Waals surface area contributed by atoms with Crippen LogP contribution in [-0.4, -0.2) is 47.1 Å². The lowest BCUT2D eigenvalue weighted by Gasteiger charge is -2.26. The number of benzene rings is 1. The molecule has 0 unspecified atom stereocenters. The van der Waals surface area contributed by atoms with Gasteiger partial charge in [-0.2, -0.15) is 0 Å². The Morgan fingerprint density at radius 2 is 1.69 bits per heavy atom. The van der Waals surface area contributed by atoms with Crippen LogP contribution in [0.2, 0.25) is 0 Å². The number of amides is 2. The fourth-order valence-electron chi connectivity index (χ4n) is 2.78. The van der Waals surface area contributed by atoms with Gasteiger partial charge in [0.05, 0.1) is 23.8 Å². The van der Waals surface area contributed by atoms with Gasteiger partial charge in [-0.3, -0.25) is 9.59 Å². The van der Waals surface area contributed by atoms with Gasteiger partial charge in [0.15, 0.2) is 5.70 Å². The molecule has 0 atom stereocenters. The van der Waals surface area contributed by atoms with Crippen molar-refractivity contribution < 1.29 is 28.7 Å². The van der Waals surface area contributed by atoms with Gasteiger partial charge in [0.25, 0.3) is 11.8 Å². The summed E-state index contributed by atoms with van der Waals surface area (Å²) in [6, 6.07) is 6.35. The zero-order chi connectivity index (χ0) is 21.3. The lowest BCUT2D eigenvalue weighted by Crippen LogP contribution is -2.39. The average molecular weight is 416 g/mol. The Hall–Kier alpha value is -3.07. The predicted molar refractivity (Wildman–Crippen MR) is 106 cm³/mol. The first kappa shape index (κ1) is 20.7. The maximum atomic E-state index is 13.0. The third-order valence-electron chi connectivity index (χ3n) is 4.02. The number of methoxy groups -OCH3 is 1. The number of thioether (sulfide) groups is 1. The molecule has 152 valence electrons. The van der Waals surface area contributed by atoms with Gasteiger partial charge in [0, 0.05) is 12.0 Å². The molecule has 0 aliphatic carbocycles. The van der Waals surface area contributed by atoms with E-state index in [-0.39, 0.29) is 27.6 Å². The lowest BCUT2D eigenvalue weighted by molar-refractivity contribution is -0.151. The smallest absolute Gasteiger partial charge is 0.358 e. The summed E-state index contributed by atoms with van der Waals surface area (Å²) in [6.45, 7) is 5.06. The molecule has 2 aliphatic heterocycles. The second-order valence-corrected chi connectivity index (χ2v) is 8.25.